The van der Waals surface area contributed by atoms with E-state index >= 15 is 0 Å². The van der Waals surface area contributed by atoms with Gasteiger partial charge in [-0.2, -0.15) is 0 Å². The van der Waals surface area contributed by atoms with Crippen LogP contribution in [0.3, 0.4) is 0 Å². The number of likely N-dealkylation sites (N-methyl/N-ethyl adjacent to an activating group) is 1. The van der Waals surface area contributed by atoms with Crippen molar-refractivity contribution in [3.05, 3.63) is 0 Å². The van der Waals surface area contributed by atoms with Gasteiger partial charge in [0.1, 0.15) is 0 Å². The number of nitrogens with zero attached hydrogens (tertiary/aromatic N) is 1. The molecule has 1 amide bonds. The van der Waals surface area contributed by atoms with Crippen LogP contribution in [0.2, 0.25) is 0 Å². The average Bonchev–Trinajstić information content (AvgIpc) is 3.14. The van der Waals surface area contributed by atoms with Gasteiger partial charge < -0.3 is 11.1 Å². The minimum Gasteiger partial charge on any atom is -0.354 e. The molecule has 1 atom stereocenters. The smallest absolute Gasteiger partial charge is 0.227 e. The molecule has 0 aromatic carbocycles. The maximum Gasteiger partial charge on any atom is 0.227 e. The summed E-state index contributed by atoms with van der Waals surface area (Å²) >= 11 is 0. The molecule has 2 saturated carbocycles. The molecular formula is C14H27N3O. The highest BCUT2D eigenvalue weighted by molar-refractivity contribution is 5.84. The molecule has 4 heteroatoms. The van der Waals surface area contributed by atoms with E-state index in [-0.39, 0.29) is 11.3 Å². The van der Waals surface area contributed by atoms with Crippen molar-refractivity contribution in [2.45, 2.75) is 51.6 Å². The van der Waals surface area contributed by atoms with Crippen molar-refractivity contribution < 1.29 is 4.79 Å². The third-order valence-electron chi connectivity index (χ3n) is 4.73. The normalized spacial score (nSPS) is 33.1. The minimum absolute atomic E-state index is 0.166. The van der Waals surface area contributed by atoms with Gasteiger partial charge in [0, 0.05) is 25.2 Å². The van der Waals surface area contributed by atoms with Gasteiger partial charge in [0.25, 0.3) is 0 Å². The van der Waals surface area contributed by atoms with Crippen LogP contribution in [0.25, 0.3) is 0 Å². The summed E-state index contributed by atoms with van der Waals surface area (Å²) in [5.41, 5.74) is 5.52. The van der Waals surface area contributed by atoms with E-state index in [9.17, 15) is 4.79 Å². The second kappa shape index (κ2) is 5.17. The van der Waals surface area contributed by atoms with E-state index in [0.29, 0.717) is 18.5 Å². The predicted molar refractivity (Wildman–Crippen MR) is 73.1 cm³/mol. The summed E-state index contributed by atoms with van der Waals surface area (Å²) in [6, 6.07) is 1.15. The van der Waals surface area contributed by atoms with Crippen LogP contribution in [0.5, 0.6) is 0 Å². The van der Waals surface area contributed by atoms with Gasteiger partial charge in [0.05, 0.1) is 5.41 Å². The molecule has 2 rings (SSSR count). The number of nitrogens with two attached hydrogens (primary N) is 1. The van der Waals surface area contributed by atoms with E-state index in [1.54, 1.807) is 0 Å². The van der Waals surface area contributed by atoms with Crippen molar-refractivity contribution in [2.24, 2.45) is 17.1 Å². The van der Waals surface area contributed by atoms with E-state index in [2.05, 4.69) is 31.1 Å². The Morgan fingerprint density at radius 3 is 2.56 bits per heavy atom. The van der Waals surface area contributed by atoms with Crippen molar-refractivity contribution in [1.82, 2.24) is 10.2 Å². The van der Waals surface area contributed by atoms with Gasteiger partial charge in [-0.1, -0.05) is 6.92 Å². The Kier molecular flexibility index (Phi) is 3.97. The van der Waals surface area contributed by atoms with Gasteiger partial charge in [-0.15, -0.1) is 0 Å². The molecule has 1 unspecified atom stereocenters. The summed E-state index contributed by atoms with van der Waals surface area (Å²) in [6.07, 6.45) is 4.50. The molecule has 2 aliphatic rings. The van der Waals surface area contributed by atoms with Crippen LogP contribution in [-0.4, -0.2) is 43.0 Å². The van der Waals surface area contributed by atoms with Gasteiger partial charge in [-0.25, -0.2) is 0 Å². The number of rotatable bonds is 6. The van der Waals surface area contributed by atoms with E-state index in [4.69, 9.17) is 5.73 Å². The Bertz CT molecular complexity index is 308. The van der Waals surface area contributed by atoms with Gasteiger partial charge in [-0.3, -0.25) is 9.69 Å². The SMILES string of the molecule is CC1CC(CN)(C(=O)NCC(C)N(C)C2CC2)C1. The first-order chi connectivity index (χ1) is 8.48. The maximum atomic E-state index is 12.2. The molecule has 0 aromatic rings. The topological polar surface area (TPSA) is 58.4 Å². The molecule has 18 heavy (non-hydrogen) atoms. The van der Waals surface area contributed by atoms with Gasteiger partial charge in [0.2, 0.25) is 5.91 Å². The summed E-state index contributed by atoms with van der Waals surface area (Å²) in [5.74, 6) is 0.810. The fraction of sp³-hybridized carbons (Fsp3) is 0.929. The van der Waals surface area contributed by atoms with Crippen molar-refractivity contribution in [1.29, 1.82) is 0 Å². The highest BCUT2D eigenvalue weighted by atomic mass is 16.2. The van der Waals surface area contributed by atoms with Crippen LogP contribution in [0, 0.1) is 11.3 Å². The lowest BCUT2D eigenvalue weighted by atomic mass is 9.62. The highest BCUT2D eigenvalue weighted by Crippen LogP contribution is 2.44. The first-order valence-electron chi connectivity index (χ1n) is 7.19. The highest BCUT2D eigenvalue weighted by Gasteiger charge is 2.47. The molecule has 0 aromatic heterocycles. The Morgan fingerprint density at radius 2 is 2.11 bits per heavy atom. The Labute approximate surface area is 110 Å². The molecular weight excluding hydrogens is 226 g/mol. The van der Waals surface area contributed by atoms with Crippen LogP contribution in [0.15, 0.2) is 0 Å². The van der Waals surface area contributed by atoms with Crippen molar-refractivity contribution in [2.75, 3.05) is 20.1 Å². The molecule has 0 spiro atoms. The fourth-order valence-electron chi connectivity index (χ4n) is 3.13. The van der Waals surface area contributed by atoms with Crippen molar-refractivity contribution >= 4 is 5.91 Å². The second-order valence-corrected chi connectivity index (χ2v) is 6.45. The minimum atomic E-state index is -0.267. The third kappa shape index (κ3) is 2.69. The van der Waals surface area contributed by atoms with Crippen LogP contribution in [0.1, 0.15) is 39.5 Å². The number of nitrogens with one attached hydrogen (secondary N) is 1. The summed E-state index contributed by atoms with van der Waals surface area (Å²) in [4.78, 5) is 14.6. The lowest BCUT2D eigenvalue weighted by molar-refractivity contribution is -0.138. The van der Waals surface area contributed by atoms with Crippen molar-refractivity contribution in [3.8, 4) is 0 Å². The quantitative estimate of drug-likeness (QED) is 0.741. The second-order valence-electron chi connectivity index (χ2n) is 6.45. The van der Waals surface area contributed by atoms with Gasteiger partial charge >= 0.3 is 0 Å². The number of hydrogen-bond acceptors (Lipinski definition) is 3. The van der Waals surface area contributed by atoms with Crippen LogP contribution in [-0.2, 0) is 4.79 Å². The monoisotopic (exact) mass is 253 g/mol. The fourth-order valence-corrected chi connectivity index (χ4v) is 3.13. The zero-order valence-electron chi connectivity index (χ0n) is 11.9. The van der Waals surface area contributed by atoms with Gasteiger partial charge in [-0.05, 0) is 45.6 Å². The van der Waals surface area contributed by atoms with E-state index in [0.717, 1.165) is 25.4 Å². The van der Waals surface area contributed by atoms with E-state index in [1.807, 2.05) is 0 Å². The zero-order chi connectivity index (χ0) is 13.3. The van der Waals surface area contributed by atoms with Gasteiger partial charge in [0.15, 0.2) is 0 Å². The lowest BCUT2D eigenvalue weighted by Gasteiger charge is -2.44. The van der Waals surface area contributed by atoms with E-state index in [1.165, 1.54) is 12.8 Å². The van der Waals surface area contributed by atoms with Crippen LogP contribution < -0.4 is 11.1 Å². The average molecular weight is 253 g/mol. The Morgan fingerprint density at radius 1 is 1.50 bits per heavy atom. The number of hydrogen-bond donors (Lipinski definition) is 2. The zero-order valence-corrected chi connectivity index (χ0v) is 11.9. The maximum absolute atomic E-state index is 12.2. The Balaban J connectivity index is 1.77. The number of carbonyl (C=O) groups excluding carboxylic acids is 1. The largest absolute Gasteiger partial charge is 0.354 e. The summed E-state index contributed by atoms with van der Waals surface area (Å²) in [6.45, 7) is 5.58. The third-order valence-corrected chi connectivity index (χ3v) is 4.73. The van der Waals surface area contributed by atoms with Crippen LogP contribution in [0.4, 0.5) is 0 Å². The molecule has 4 nitrogen and oxygen atoms in total. The molecule has 2 aliphatic carbocycles. The molecule has 0 heterocycles. The summed E-state index contributed by atoms with van der Waals surface area (Å²) in [7, 11) is 2.15. The van der Waals surface area contributed by atoms with Crippen LogP contribution >= 0.6 is 0 Å². The first-order valence-corrected chi connectivity index (χ1v) is 7.19. The number of amides is 1. The Hall–Kier alpha value is -0.610. The molecule has 3 N–H and O–H groups in total. The standard InChI is InChI=1S/C14H27N3O/c1-10-6-14(7-10,9-15)13(18)16-8-11(2)17(3)12-4-5-12/h10-12H,4-9,15H2,1-3H3,(H,16,18). The molecule has 0 radical (unpaired) electrons. The number of carbonyl (C=O) groups is 1. The molecule has 2 fully saturated rings. The molecule has 104 valence electrons. The molecule has 0 bridgehead atoms. The first kappa shape index (κ1) is 13.8. The lowest BCUT2D eigenvalue weighted by Crippen LogP contribution is -2.55. The summed E-state index contributed by atoms with van der Waals surface area (Å²) < 4.78 is 0. The molecule has 0 saturated heterocycles. The van der Waals surface area contributed by atoms with Crippen molar-refractivity contribution in [3.63, 3.8) is 0 Å². The summed E-state index contributed by atoms with van der Waals surface area (Å²) in [5, 5.41) is 3.10. The van der Waals surface area contributed by atoms with E-state index < -0.39 is 0 Å². The molecule has 0 aliphatic heterocycles. The predicted octanol–water partition coefficient (Wildman–Crippen LogP) is 0.960.